The van der Waals surface area contributed by atoms with E-state index in [1.54, 1.807) is 0 Å². The minimum Gasteiger partial charge on any atom is -0.262 e. The van der Waals surface area contributed by atoms with Crippen molar-refractivity contribution in [3.63, 3.8) is 0 Å². The summed E-state index contributed by atoms with van der Waals surface area (Å²) in [5, 5.41) is 7.25. The Morgan fingerprint density at radius 3 is 2.14 bits per heavy atom. The Hall–Kier alpha value is -1.31. The second-order valence-corrected chi connectivity index (χ2v) is 7.43. The molecule has 2 unspecified atom stereocenters. The summed E-state index contributed by atoms with van der Waals surface area (Å²) in [6.45, 7) is 11.4. The van der Waals surface area contributed by atoms with Crippen LogP contribution in [0.3, 0.4) is 0 Å². The van der Waals surface area contributed by atoms with E-state index in [4.69, 9.17) is 5.10 Å². The van der Waals surface area contributed by atoms with Crippen LogP contribution in [0, 0.1) is 17.8 Å². The molecule has 0 amide bonds. The zero-order valence-corrected chi connectivity index (χ0v) is 14.0. The Labute approximate surface area is 129 Å². The predicted molar refractivity (Wildman–Crippen MR) is 91.0 cm³/mol. The van der Waals surface area contributed by atoms with Crippen molar-refractivity contribution in [1.29, 1.82) is 0 Å². The lowest BCUT2D eigenvalue weighted by Gasteiger charge is -2.30. The molecule has 21 heavy (non-hydrogen) atoms. The zero-order valence-electron chi connectivity index (χ0n) is 14.0. The summed E-state index contributed by atoms with van der Waals surface area (Å²) in [7, 11) is 0. The molecule has 2 nitrogen and oxygen atoms in total. The standard InChI is InChI=1S/C19H28N2/c1-12(2)15-8-10-17(11-9-15)21-19(16-6-7-16)18(13(3)4)14(5)20-21/h8-13,16,18-19H,6-7H2,1-5H3. The van der Waals surface area contributed by atoms with Crippen LogP contribution in [-0.4, -0.2) is 11.8 Å². The van der Waals surface area contributed by atoms with Gasteiger partial charge in [-0.1, -0.05) is 39.8 Å². The SMILES string of the molecule is CC1=NN(c2ccc(C(C)C)cc2)C(C2CC2)C1C(C)C. The molecule has 1 aliphatic carbocycles. The topological polar surface area (TPSA) is 15.6 Å². The highest BCUT2D eigenvalue weighted by Gasteiger charge is 2.46. The van der Waals surface area contributed by atoms with Crippen LogP contribution < -0.4 is 5.01 Å². The Morgan fingerprint density at radius 1 is 1.05 bits per heavy atom. The number of hydrogen-bond acceptors (Lipinski definition) is 2. The highest BCUT2D eigenvalue weighted by molar-refractivity contribution is 5.89. The van der Waals surface area contributed by atoms with Gasteiger partial charge in [0, 0.05) is 11.6 Å². The van der Waals surface area contributed by atoms with Crippen LogP contribution in [0.5, 0.6) is 0 Å². The van der Waals surface area contributed by atoms with E-state index in [1.807, 2.05) is 0 Å². The molecule has 0 N–H and O–H groups in total. The van der Waals surface area contributed by atoms with Crippen LogP contribution in [0.15, 0.2) is 29.4 Å². The molecule has 0 aromatic heterocycles. The van der Waals surface area contributed by atoms with Gasteiger partial charge in [-0.25, -0.2) is 0 Å². The average molecular weight is 284 g/mol. The number of anilines is 1. The van der Waals surface area contributed by atoms with Gasteiger partial charge in [0.25, 0.3) is 0 Å². The van der Waals surface area contributed by atoms with Crippen molar-refractivity contribution >= 4 is 11.4 Å². The van der Waals surface area contributed by atoms with E-state index in [-0.39, 0.29) is 0 Å². The molecule has 0 spiro atoms. The Bertz CT molecular complexity index is 523. The maximum absolute atomic E-state index is 4.93. The maximum Gasteiger partial charge on any atom is 0.0637 e. The normalized spacial score (nSPS) is 25.9. The fourth-order valence-corrected chi connectivity index (χ4v) is 3.75. The molecule has 0 radical (unpaired) electrons. The van der Waals surface area contributed by atoms with Crippen molar-refractivity contribution in [1.82, 2.24) is 0 Å². The lowest BCUT2D eigenvalue weighted by atomic mass is 9.83. The van der Waals surface area contributed by atoms with Crippen molar-refractivity contribution < 1.29 is 0 Å². The summed E-state index contributed by atoms with van der Waals surface area (Å²) in [6.07, 6.45) is 2.74. The van der Waals surface area contributed by atoms with Gasteiger partial charge in [-0.3, -0.25) is 5.01 Å². The Kier molecular flexibility index (Phi) is 3.81. The van der Waals surface area contributed by atoms with Crippen molar-refractivity contribution in [3.05, 3.63) is 29.8 Å². The fourth-order valence-electron chi connectivity index (χ4n) is 3.75. The van der Waals surface area contributed by atoms with Crippen LogP contribution in [0.1, 0.15) is 58.9 Å². The van der Waals surface area contributed by atoms with Crippen LogP contribution in [0.4, 0.5) is 5.69 Å². The molecule has 1 aromatic rings. The van der Waals surface area contributed by atoms with Gasteiger partial charge in [-0.05, 0) is 55.2 Å². The first kappa shape index (κ1) is 14.6. The third-order valence-electron chi connectivity index (χ3n) is 5.05. The Balaban J connectivity index is 1.89. The molecule has 1 fully saturated rings. The first-order valence-electron chi connectivity index (χ1n) is 8.43. The lowest BCUT2D eigenvalue weighted by molar-refractivity contribution is 0.386. The van der Waals surface area contributed by atoms with Crippen molar-refractivity contribution in [2.75, 3.05) is 5.01 Å². The van der Waals surface area contributed by atoms with E-state index in [1.165, 1.54) is 29.8 Å². The predicted octanol–water partition coefficient (Wildman–Crippen LogP) is 5.06. The number of nitrogens with zero attached hydrogens (tertiary/aromatic N) is 2. The molecule has 1 aliphatic heterocycles. The van der Waals surface area contributed by atoms with E-state index in [9.17, 15) is 0 Å². The summed E-state index contributed by atoms with van der Waals surface area (Å²) in [5.74, 6) is 2.70. The number of rotatable bonds is 4. The van der Waals surface area contributed by atoms with Gasteiger partial charge in [-0.15, -0.1) is 0 Å². The van der Waals surface area contributed by atoms with Crippen LogP contribution in [-0.2, 0) is 0 Å². The third kappa shape index (κ3) is 2.73. The van der Waals surface area contributed by atoms with E-state index in [0.29, 0.717) is 23.8 Å². The number of hydrazone groups is 1. The first-order valence-corrected chi connectivity index (χ1v) is 8.43. The molecule has 1 heterocycles. The molecule has 0 bridgehead atoms. The molecule has 2 aliphatic rings. The summed E-state index contributed by atoms with van der Waals surface area (Å²) in [4.78, 5) is 0. The maximum atomic E-state index is 4.93. The summed E-state index contributed by atoms with van der Waals surface area (Å²) in [6, 6.07) is 9.61. The van der Waals surface area contributed by atoms with Gasteiger partial charge in [0.05, 0.1) is 11.7 Å². The van der Waals surface area contributed by atoms with Gasteiger partial charge >= 0.3 is 0 Å². The smallest absolute Gasteiger partial charge is 0.0637 e. The summed E-state index contributed by atoms with van der Waals surface area (Å²) in [5.41, 5.74) is 3.98. The highest BCUT2D eigenvalue weighted by atomic mass is 15.5. The van der Waals surface area contributed by atoms with Crippen LogP contribution in [0.25, 0.3) is 0 Å². The van der Waals surface area contributed by atoms with Gasteiger partial charge in [0.15, 0.2) is 0 Å². The third-order valence-corrected chi connectivity index (χ3v) is 5.05. The van der Waals surface area contributed by atoms with Gasteiger partial charge in [0.1, 0.15) is 0 Å². The molecule has 114 valence electrons. The van der Waals surface area contributed by atoms with E-state index in [2.05, 4.69) is 63.9 Å². The average Bonchev–Trinajstić information content (AvgIpc) is 3.21. The summed E-state index contributed by atoms with van der Waals surface area (Å²) >= 11 is 0. The molecular weight excluding hydrogens is 256 g/mol. The highest BCUT2D eigenvalue weighted by Crippen LogP contribution is 2.45. The second-order valence-electron chi connectivity index (χ2n) is 7.43. The molecular formula is C19H28N2. The van der Waals surface area contributed by atoms with E-state index >= 15 is 0 Å². The van der Waals surface area contributed by atoms with Gasteiger partial charge in [-0.2, -0.15) is 5.10 Å². The van der Waals surface area contributed by atoms with E-state index in [0.717, 1.165) is 5.92 Å². The van der Waals surface area contributed by atoms with Crippen LogP contribution in [0.2, 0.25) is 0 Å². The first-order chi connectivity index (χ1) is 9.99. The molecule has 3 rings (SSSR count). The van der Waals surface area contributed by atoms with Crippen LogP contribution >= 0.6 is 0 Å². The summed E-state index contributed by atoms with van der Waals surface area (Å²) < 4.78 is 0. The van der Waals surface area contributed by atoms with E-state index < -0.39 is 0 Å². The fraction of sp³-hybridized carbons (Fsp3) is 0.632. The van der Waals surface area contributed by atoms with Gasteiger partial charge < -0.3 is 0 Å². The minimum absolute atomic E-state index is 0.579. The molecule has 2 heteroatoms. The molecule has 1 aromatic carbocycles. The monoisotopic (exact) mass is 284 g/mol. The zero-order chi connectivity index (χ0) is 15.1. The lowest BCUT2D eigenvalue weighted by Crippen LogP contribution is -2.37. The van der Waals surface area contributed by atoms with Crippen molar-refractivity contribution in [2.45, 2.75) is 59.4 Å². The number of benzene rings is 1. The molecule has 2 atom stereocenters. The number of hydrogen-bond donors (Lipinski definition) is 0. The van der Waals surface area contributed by atoms with Crippen molar-refractivity contribution in [2.24, 2.45) is 22.9 Å². The van der Waals surface area contributed by atoms with Gasteiger partial charge in [0.2, 0.25) is 0 Å². The minimum atomic E-state index is 0.579. The quantitative estimate of drug-likeness (QED) is 0.755. The molecule has 0 saturated heterocycles. The second kappa shape index (κ2) is 5.47. The van der Waals surface area contributed by atoms with Crippen molar-refractivity contribution in [3.8, 4) is 0 Å². The Morgan fingerprint density at radius 2 is 1.67 bits per heavy atom. The molecule has 1 saturated carbocycles. The largest absolute Gasteiger partial charge is 0.262 e.